The molecule has 2 aliphatic rings. The second kappa shape index (κ2) is 9.64. The molecule has 8 heteroatoms. The van der Waals surface area contributed by atoms with Crippen molar-refractivity contribution in [2.75, 3.05) is 19.4 Å². The summed E-state index contributed by atoms with van der Waals surface area (Å²) < 4.78 is 46.8. The minimum atomic E-state index is -3.53. The number of ether oxygens (including phenoxy) is 1. The SMILES string of the molecule is C[C@@H](C1CCCCC1)N1CC[C@@](CCCOS(C)(=O)=O)(c2ccc(F)cc2)OC1=O. The number of halogens is 1. The van der Waals surface area contributed by atoms with Gasteiger partial charge in [0.15, 0.2) is 0 Å². The Morgan fingerprint density at radius 3 is 2.50 bits per heavy atom. The van der Waals surface area contributed by atoms with Gasteiger partial charge >= 0.3 is 6.09 Å². The highest BCUT2D eigenvalue weighted by molar-refractivity contribution is 7.85. The molecule has 0 radical (unpaired) electrons. The summed E-state index contributed by atoms with van der Waals surface area (Å²) in [4.78, 5) is 14.9. The van der Waals surface area contributed by atoms with Gasteiger partial charge in [0.2, 0.25) is 0 Å². The Morgan fingerprint density at radius 1 is 1.23 bits per heavy atom. The first-order chi connectivity index (χ1) is 14.2. The van der Waals surface area contributed by atoms with E-state index in [0.29, 0.717) is 31.7 Å². The summed E-state index contributed by atoms with van der Waals surface area (Å²) in [6.07, 6.45) is 7.98. The maximum absolute atomic E-state index is 13.5. The van der Waals surface area contributed by atoms with Crippen molar-refractivity contribution in [3.05, 3.63) is 35.6 Å². The number of nitrogens with zero attached hydrogens (tertiary/aromatic N) is 1. The van der Waals surface area contributed by atoms with E-state index in [1.165, 1.54) is 31.4 Å². The number of cyclic esters (lactones) is 1. The minimum absolute atomic E-state index is 0.0154. The predicted molar refractivity (Wildman–Crippen MR) is 112 cm³/mol. The molecule has 0 aromatic heterocycles. The lowest BCUT2D eigenvalue weighted by atomic mass is 9.82. The van der Waals surface area contributed by atoms with Crippen LogP contribution in [0.3, 0.4) is 0 Å². The summed E-state index contributed by atoms with van der Waals surface area (Å²) in [5.74, 6) is 0.136. The Hall–Kier alpha value is -1.67. The molecule has 1 aliphatic carbocycles. The van der Waals surface area contributed by atoms with Crippen molar-refractivity contribution in [1.82, 2.24) is 4.90 Å². The highest BCUT2D eigenvalue weighted by Crippen LogP contribution is 2.40. The Bertz CT molecular complexity index is 822. The maximum Gasteiger partial charge on any atom is 0.410 e. The third kappa shape index (κ3) is 5.72. The average Bonchev–Trinajstić information content (AvgIpc) is 2.71. The van der Waals surface area contributed by atoms with E-state index in [4.69, 9.17) is 8.92 Å². The van der Waals surface area contributed by atoms with E-state index in [1.54, 1.807) is 12.1 Å². The van der Waals surface area contributed by atoms with Gasteiger partial charge in [0.05, 0.1) is 12.9 Å². The molecule has 1 aromatic rings. The van der Waals surface area contributed by atoms with Crippen molar-refractivity contribution < 1.29 is 26.5 Å². The lowest BCUT2D eigenvalue weighted by Crippen LogP contribution is -2.53. The van der Waals surface area contributed by atoms with Gasteiger partial charge in [-0.3, -0.25) is 4.18 Å². The Balaban J connectivity index is 1.73. The van der Waals surface area contributed by atoms with Crippen molar-refractivity contribution in [2.24, 2.45) is 5.92 Å². The van der Waals surface area contributed by atoms with Crippen LogP contribution in [0.25, 0.3) is 0 Å². The van der Waals surface area contributed by atoms with Gasteiger partial charge in [-0.25, -0.2) is 9.18 Å². The summed E-state index contributed by atoms with van der Waals surface area (Å²) in [5.41, 5.74) is -0.185. The highest BCUT2D eigenvalue weighted by Gasteiger charge is 2.44. The van der Waals surface area contributed by atoms with Gasteiger partial charge in [-0.15, -0.1) is 0 Å². The number of amides is 1. The summed E-state index contributed by atoms with van der Waals surface area (Å²) in [5, 5.41) is 0. The number of rotatable bonds is 8. The standard InChI is InChI=1S/C22H32FNO5S/c1-17(18-7-4-3-5-8-18)24-15-14-22(29-21(24)25,13-6-16-28-30(2,26)27)19-9-11-20(23)12-10-19/h9-12,17-18H,3-8,13-16H2,1-2H3/t17-,22-/m0/s1. The fraction of sp³-hybridized carbons (Fsp3) is 0.682. The molecule has 3 rings (SSSR count). The topological polar surface area (TPSA) is 72.9 Å². The fourth-order valence-electron chi connectivity index (χ4n) is 4.76. The van der Waals surface area contributed by atoms with E-state index < -0.39 is 15.7 Å². The normalized spacial score (nSPS) is 24.5. The number of carbonyl (C=O) groups excluding carboxylic acids is 1. The molecule has 6 nitrogen and oxygen atoms in total. The Morgan fingerprint density at radius 2 is 1.90 bits per heavy atom. The van der Waals surface area contributed by atoms with Crippen LogP contribution in [-0.4, -0.2) is 44.9 Å². The van der Waals surface area contributed by atoms with Crippen molar-refractivity contribution in [1.29, 1.82) is 0 Å². The second-order valence-corrected chi connectivity index (χ2v) is 10.2. The van der Waals surface area contributed by atoms with Gasteiger partial charge in [-0.1, -0.05) is 31.4 Å². The molecule has 1 aliphatic heterocycles. The molecule has 1 amide bonds. The summed E-state index contributed by atoms with van der Waals surface area (Å²) in [6.45, 7) is 2.67. The van der Waals surface area contributed by atoms with E-state index in [2.05, 4.69) is 6.92 Å². The average molecular weight is 442 g/mol. The van der Waals surface area contributed by atoms with E-state index in [-0.39, 0.29) is 24.6 Å². The number of benzene rings is 1. The van der Waals surface area contributed by atoms with Gasteiger partial charge < -0.3 is 9.64 Å². The largest absolute Gasteiger partial charge is 0.438 e. The molecular weight excluding hydrogens is 409 g/mol. The molecule has 1 aromatic carbocycles. The fourth-order valence-corrected chi connectivity index (χ4v) is 5.18. The van der Waals surface area contributed by atoms with Crippen LogP contribution in [0, 0.1) is 11.7 Å². The molecule has 1 saturated carbocycles. The molecule has 1 saturated heterocycles. The first kappa shape index (κ1) is 23.0. The van der Waals surface area contributed by atoms with Crippen LogP contribution < -0.4 is 0 Å². The van der Waals surface area contributed by atoms with E-state index in [0.717, 1.165) is 24.7 Å². The Labute approximate surface area is 178 Å². The molecule has 0 spiro atoms. The van der Waals surface area contributed by atoms with Gasteiger partial charge in [-0.2, -0.15) is 8.42 Å². The van der Waals surface area contributed by atoms with Crippen molar-refractivity contribution in [2.45, 2.75) is 69.9 Å². The van der Waals surface area contributed by atoms with Crippen LogP contribution in [0.4, 0.5) is 9.18 Å². The first-order valence-corrected chi connectivity index (χ1v) is 12.6. The first-order valence-electron chi connectivity index (χ1n) is 10.8. The predicted octanol–water partition coefficient (Wildman–Crippen LogP) is 4.59. The molecule has 1 heterocycles. The molecule has 2 fully saturated rings. The summed E-state index contributed by atoms with van der Waals surface area (Å²) in [6, 6.07) is 6.11. The van der Waals surface area contributed by atoms with Gasteiger partial charge in [0.1, 0.15) is 11.4 Å². The molecule has 2 atom stereocenters. The summed E-state index contributed by atoms with van der Waals surface area (Å²) in [7, 11) is -3.53. The monoisotopic (exact) mass is 441 g/mol. The van der Waals surface area contributed by atoms with Crippen LogP contribution in [0.5, 0.6) is 0 Å². The van der Waals surface area contributed by atoms with Crippen LogP contribution in [-0.2, 0) is 24.6 Å². The third-order valence-corrected chi connectivity index (χ3v) is 7.08. The lowest BCUT2D eigenvalue weighted by Gasteiger charge is -2.45. The van der Waals surface area contributed by atoms with Gasteiger partial charge in [0.25, 0.3) is 10.1 Å². The molecule has 0 bridgehead atoms. The molecule has 0 N–H and O–H groups in total. The zero-order chi connectivity index (χ0) is 21.8. The van der Waals surface area contributed by atoms with E-state index in [9.17, 15) is 17.6 Å². The maximum atomic E-state index is 13.5. The number of carbonyl (C=O) groups is 1. The lowest BCUT2D eigenvalue weighted by molar-refractivity contribution is -0.0728. The van der Waals surface area contributed by atoms with E-state index in [1.807, 2.05) is 4.90 Å². The zero-order valence-corrected chi connectivity index (χ0v) is 18.6. The van der Waals surface area contributed by atoms with Crippen LogP contribution in [0.15, 0.2) is 24.3 Å². The minimum Gasteiger partial charge on any atom is -0.438 e. The second-order valence-electron chi connectivity index (χ2n) is 8.58. The third-order valence-electron chi connectivity index (χ3n) is 6.49. The van der Waals surface area contributed by atoms with Crippen LogP contribution in [0.2, 0.25) is 0 Å². The van der Waals surface area contributed by atoms with Gasteiger partial charge in [0, 0.05) is 19.0 Å². The van der Waals surface area contributed by atoms with Crippen molar-refractivity contribution in [3.8, 4) is 0 Å². The Kier molecular flexibility index (Phi) is 7.39. The number of hydrogen-bond donors (Lipinski definition) is 0. The zero-order valence-electron chi connectivity index (χ0n) is 17.8. The number of hydrogen-bond acceptors (Lipinski definition) is 5. The summed E-state index contributed by atoms with van der Waals surface area (Å²) >= 11 is 0. The quantitative estimate of drug-likeness (QED) is 0.436. The van der Waals surface area contributed by atoms with Gasteiger partial charge in [-0.05, 0) is 56.2 Å². The molecule has 0 unspecified atom stereocenters. The van der Waals surface area contributed by atoms with Crippen molar-refractivity contribution in [3.63, 3.8) is 0 Å². The van der Waals surface area contributed by atoms with Crippen LogP contribution in [0.1, 0.15) is 63.9 Å². The van der Waals surface area contributed by atoms with E-state index >= 15 is 0 Å². The molecule has 30 heavy (non-hydrogen) atoms. The smallest absolute Gasteiger partial charge is 0.410 e. The van der Waals surface area contributed by atoms with Crippen LogP contribution >= 0.6 is 0 Å². The molecule has 168 valence electrons. The highest BCUT2D eigenvalue weighted by atomic mass is 32.2. The molecular formula is C22H32FNO5S. The van der Waals surface area contributed by atoms with Crippen molar-refractivity contribution >= 4 is 16.2 Å².